The van der Waals surface area contributed by atoms with Crippen molar-refractivity contribution in [2.24, 2.45) is 16.8 Å². The van der Waals surface area contributed by atoms with Gasteiger partial charge in [0.15, 0.2) is 5.96 Å². The quantitative estimate of drug-likeness (QED) is 0.517. The van der Waals surface area contributed by atoms with Crippen LogP contribution in [-0.4, -0.2) is 74.0 Å². The maximum atomic E-state index is 12.3. The molecule has 3 rings (SSSR count). The number of piperazine rings is 1. The first-order valence-electron chi connectivity index (χ1n) is 11.7. The summed E-state index contributed by atoms with van der Waals surface area (Å²) in [7, 11) is 1.86. The van der Waals surface area contributed by atoms with Crippen LogP contribution in [0, 0.1) is 11.8 Å². The van der Waals surface area contributed by atoms with E-state index in [0.717, 1.165) is 64.0 Å². The van der Waals surface area contributed by atoms with Gasteiger partial charge >= 0.3 is 0 Å². The number of guanidine groups is 1. The van der Waals surface area contributed by atoms with Crippen LogP contribution in [0.25, 0.3) is 0 Å². The van der Waals surface area contributed by atoms with Gasteiger partial charge in [-0.1, -0.05) is 26.2 Å². The molecule has 2 aliphatic carbocycles. The highest BCUT2D eigenvalue weighted by Gasteiger charge is 2.31. The van der Waals surface area contributed by atoms with E-state index in [1.807, 2.05) is 7.05 Å². The fourth-order valence-corrected chi connectivity index (χ4v) is 4.83. The molecule has 0 aromatic heterocycles. The van der Waals surface area contributed by atoms with Crippen LogP contribution in [0.5, 0.6) is 0 Å². The Morgan fingerprint density at radius 3 is 2.32 bits per heavy atom. The van der Waals surface area contributed by atoms with Crippen molar-refractivity contribution in [2.45, 2.75) is 70.8 Å². The van der Waals surface area contributed by atoms with Crippen molar-refractivity contribution in [2.75, 3.05) is 46.3 Å². The standard InChI is InChI=1S/C22H41N5O/c1-3-5-18-8-10-20(11-9-18)25-22(23-2)24-12-13-26-14-16-27(17-15-26)21(28)19-6-4-7-19/h18-20H,3-17H2,1-2H3,(H2,23,24,25). The number of aliphatic imine (C=N–C) groups is 1. The van der Waals surface area contributed by atoms with Crippen LogP contribution < -0.4 is 10.6 Å². The second-order valence-corrected chi connectivity index (χ2v) is 8.94. The highest BCUT2D eigenvalue weighted by atomic mass is 16.2. The minimum atomic E-state index is 0.333. The molecule has 1 aliphatic heterocycles. The Morgan fingerprint density at radius 2 is 1.75 bits per heavy atom. The lowest BCUT2D eigenvalue weighted by Crippen LogP contribution is -2.53. The van der Waals surface area contributed by atoms with Crippen molar-refractivity contribution >= 4 is 11.9 Å². The zero-order chi connectivity index (χ0) is 19.8. The summed E-state index contributed by atoms with van der Waals surface area (Å²) < 4.78 is 0. The Hall–Kier alpha value is -1.30. The van der Waals surface area contributed by atoms with Crippen molar-refractivity contribution < 1.29 is 4.79 Å². The van der Waals surface area contributed by atoms with Crippen LogP contribution in [-0.2, 0) is 4.79 Å². The minimum Gasteiger partial charge on any atom is -0.355 e. The van der Waals surface area contributed by atoms with E-state index in [9.17, 15) is 4.79 Å². The second kappa shape index (κ2) is 11.0. The van der Waals surface area contributed by atoms with Crippen LogP contribution in [0.2, 0.25) is 0 Å². The number of rotatable bonds is 7. The topological polar surface area (TPSA) is 60.0 Å². The van der Waals surface area contributed by atoms with E-state index < -0.39 is 0 Å². The molecule has 1 saturated heterocycles. The molecule has 2 saturated carbocycles. The first kappa shape index (κ1) is 21.4. The van der Waals surface area contributed by atoms with Crippen molar-refractivity contribution in [1.29, 1.82) is 0 Å². The molecule has 6 nitrogen and oxygen atoms in total. The van der Waals surface area contributed by atoms with Gasteiger partial charge in [-0.15, -0.1) is 0 Å². The molecular formula is C22H41N5O. The molecule has 1 heterocycles. The number of nitrogens with zero attached hydrogens (tertiary/aromatic N) is 3. The average molecular weight is 392 g/mol. The molecule has 2 N–H and O–H groups in total. The molecule has 3 aliphatic rings. The smallest absolute Gasteiger partial charge is 0.225 e. The third-order valence-corrected chi connectivity index (χ3v) is 6.97. The van der Waals surface area contributed by atoms with Gasteiger partial charge in [0, 0.05) is 58.3 Å². The van der Waals surface area contributed by atoms with Crippen LogP contribution in [0.1, 0.15) is 64.7 Å². The Bertz CT molecular complexity index is 503. The summed E-state index contributed by atoms with van der Waals surface area (Å²) in [4.78, 5) is 21.3. The maximum Gasteiger partial charge on any atom is 0.225 e. The molecule has 6 heteroatoms. The third kappa shape index (κ3) is 6.10. The van der Waals surface area contributed by atoms with Crippen LogP contribution >= 0.6 is 0 Å². The number of carbonyl (C=O) groups excluding carboxylic acids is 1. The Morgan fingerprint density at radius 1 is 1.04 bits per heavy atom. The van der Waals surface area contributed by atoms with Crippen LogP contribution in [0.3, 0.4) is 0 Å². The monoisotopic (exact) mass is 391 g/mol. The van der Waals surface area contributed by atoms with Crippen molar-refractivity contribution in [1.82, 2.24) is 20.4 Å². The zero-order valence-electron chi connectivity index (χ0n) is 18.1. The van der Waals surface area contributed by atoms with E-state index in [2.05, 4.69) is 32.3 Å². The van der Waals surface area contributed by atoms with Gasteiger partial charge in [0.1, 0.15) is 0 Å². The number of amides is 1. The number of carbonyl (C=O) groups is 1. The van der Waals surface area contributed by atoms with E-state index in [1.54, 1.807) is 0 Å². The highest BCUT2D eigenvalue weighted by Crippen LogP contribution is 2.29. The second-order valence-electron chi connectivity index (χ2n) is 8.94. The average Bonchev–Trinajstić information content (AvgIpc) is 2.68. The summed E-state index contributed by atoms with van der Waals surface area (Å²) in [6.45, 7) is 7.98. The van der Waals surface area contributed by atoms with Gasteiger partial charge in [0.25, 0.3) is 0 Å². The molecule has 0 radical (unpaired) electrons. The normalized spacial score (nSPS) is 27.4. The summed E-state index contributed by atoms with van der Waals surface area (Å²) >= 11 is 0. The van der Waals surface area contributed by atoms with Crippen molar-refractivity contribution in [3.8, 4) is 0 Å². The van der Waals surface area contributed by atoms with Crippen LogP contribution in [0.15, 0.2) is 4.99 Å². The first-order valence-corrected chi connectivity index (χ1v) is 11.7. The largest absolute Gasteiger partial charge is 0.355 e. The van der Waals surface area contributed by atoms with Gasteiger partial charge < -0.3 is 15.5 Å². The third-order valence-electron chi connectivity index (χ3n) is 6.97. The van der Waals surface area contributed by atoms with Gasteiger partial charge in [-0.05, 0) is 44.4 Å². The van der Waals surface area contributed by atoms with E-state index in [1.165, 1.54) is 44.9 Å². The zero-order valence-corrected chi connectivity index (χ0v) is 18.1. The van der Waals surface area contributed by atoms with Crippen LogP contribution in [0.4, 0.5) is 0 Å². The number of hydrogen-bond donors (Lipinski definition) is 2. The SMILES string of the molecule is CCCC1CCC(NC(=NC)NCCN2CCN(C(=O)C3CCC3)CC2)CC1. The molecule has 1 amide bonds. The molecular weight excluding hydrogens is 350 g/mol. The molecule has 0 spiro atoms. The Labute approximate surface area is 171 Å². The van der Waals surface area contributed by atoms with E-state index >= 15 is 0 Å². The first-order chi connectivity index (χ1) is 13.7. The number of hydrogen-bond acceptors (Lipinski definition) is 3. The van der Waals surface area contributed by atoms with Crippen molar-refractivity contribution in [3.05, 3.63) is 0 Å². The lowest BCUT2D eigenvalue weighted by molar-refractivity contribution is -0.139. The Balaban J connectivity index is 1.28. The van der Waals surface area contributed by atoms with Gasteiger partial charge in [-0.2, -0.15) is 0 Å². The summed E-state index contributed by atoms with van der Waals surface area (Å²) in [6.07, 6.45) is 11.4. The maximum absolute atomic E-state index is 12.3. The minimum absolute atomic E-state index is 0.333. The summed E-state index contributed by atoms with van der Waals surface area (Å²) in [5.41, 5.74) is 0. The molecule has 160 valence electrons. The lowest BCUT2D eigenvalue weighted by Gasteiger charge is -2.38. The van der Waals surface area contributed by atoms with E-state index in [0.29, 0.717) is 17.9 Å². The predicted molar refractivity (Wildman–Crippen MR) is 116 cm³/mol. The van der Waals surface area contributed by atoms with Gasteiger partial charge in [0.2, 0.25) is 5.91 Å². The molecule has 3 fully saturated rings. The molecule has 0 unspecified atom stereocenters. The molecule has 0 aromatic carbocycles. The Kier molecular flexibility index (Phi) is 8.44. The molecule has 28 heavy (non-hydrogen) atoms. The van der Waals surface area contributed by atoms with E-state index in [-0.39, 0.29) is 0 Å². The van der Waals surface area contributed by atoms with Gasteiger partial charge in [0.05, 0.1) is 0 Å². The fourth-order valence-electron chi connectivity index (χ4n) is 4.83. The van der Waals surface area contributed by atoms with E-state index in [4.69, 9.17) is 0 Å². The predicted octanol–water partition coefficient (Wildman–Crippen LogP) is 2.45. The summed E-state index contributed by atoms with van der Waals surface area (Å²) in [5, 5.41) is 7.11. The van der Waals surface area contributed by atoms with Gasteiger partial charge in [-0.25, -0.2) is 0 Å². The van der Waals surface area contributed by atoms with Crippen molar-refractivity contribution in [3.63, 3.8) is 0 Å². The highest BCUT2D eigenvalue weighted by molar-refractivity contribution is 5.80. The molecule has 0 bridgehead atoms. The van der Waals surface area contributed by atoms with Gasteiger partial charge in [-0.3, -0.25) is 14.7 Å². The number of nitrogens with one attached hydrogen (secondary N) is 2. The summed E-state index contributed by atoms with van der Waals surface area (Å²) in [5.74, 6) is 2.62. The molecule has 0 atom stereocenters. The fraction of sp³-hybridized carbons (Fsp3) is 0.909. The summed E-state index contributed by atoms with van der Waals surface area (Å²) in [6, 6.07) is 0.570. The lowest BCUT2D eigenvalue weighted by atomic mass is 9.83. The molecule has 0 aromatic rings.